The first-order chi connectivity index (χ1) is 38.1. The van der Waals surface area contributed by atoms with Crippen LogP contribution >= 0.6 is 0 Å². The number of unbranched alkanes of at least 4 members (excludes halogenated alkanes) is 1. The topological polar surface area (TPSA) is 183 Å². The van der Waals surface area contributed by atoms with Crippen molar-refractivity contribution in [1.29, 1.82) is 0 Å². The van der Waals surface area contributed by atoms with Crippen molar-refractivity contribution in [3.05, 3.63) is 113 Å². The van der Waals surface area contributed by atoms with Gasteiger partial charge in [0.15, 0.2) is 11.6 Å². The fraction of sp³-hybridized carbons (Fsp3) is 0.617. The monoisotopic (exact) mass is 1160 g/mol. The molecule has 82 heavy (non-hydrogen) atoms. The second-order valence-electron chi connectivity index (χ2n) is 22.5. The van der Waals surface area contributed by atoms with Gasteiger partial charge < -0.3 is 65.0 Å². The zero-order valence-electron chi connectivity index (χ0n) is 49.1. The average Bonchev–Trinajstić information content (AvgIpc) is 4.18. The van der Waals surface area contributed by atoms with E-state index in [1.807, 2.05) is 20.8 Å². The van der Waals surface area contributed by atoms with Crippen LogP contribution in [-0.2, 0) is 57.3 Å². The van der Waals surface area contributed by atoms with E-state index in [0.29, 0.717) is 121 Å². The Hall–Kier alpha value is -4.56. The summed E-state index contributed by atoms with van der Waals surface area (Å²) in [6, 6.07) is 9.06. The Morgan fingerprint density at radius 2 is 1.09 bits per heavy atom. The molecule has 0 saturated carbocycles. The van der Waals surface area contributed by atoms with Crippen molar-refractivity contribution < 1.29 is 103 Å². The largest absolute Gasteiger partial charge is 1.00 e. The molecule has 4 unspecified atom stereocenters. The van der Waals surface area contributed by atoms with E-state index in [1.165, 1.54) is 47.7 Å². The van der Waals surface area contributed by atoms with Crippen LogP contribution in [0.5, 0.6) is 0 Å². The zero-order chi connectivity index (χ0) is 60.0. The third kappa shape index (κ3) is 25.7. The van der Waals surface area contributed by atoms with E-state index in [1.54, 1.807) is 25.7 Å². The molecule has 15 nitrogen and oxygen atoms in total. The number of Topliss-reactive ketones (excluding diaryl/α,β-unsaturated/α-hetero) is 1. The predicted octanol–water partition coefficient (Wildman–Crippen LogP) is 7.46. The number of rotatable bonds is 12. The number of hydrogen-bond donors (Lipinski definition) is 3. The van der Waals surface area contributed by atoms with E-state index < -0.39 is 82.0 Å². The number of nitrogens with one attached hydrogen (secondary N) is 1. The minimum absolute atomic E-state index is 0. The number of piperidine rings is 3. The Kier molecular flexibility index (Phi) is 30.1. The van der Waals surface area contributed by atoms with Crippen molar-refractivity contribution in [2.24, 2.45) is 0 Å². The molecule has 3 aromatic carbocycles. The Labute approximate surface area is 491 Å². The van der Waals surface area contributed by atoms with Crippen LogP contribution in [0.3, 0.4) is 0 Å². The third-order valence-corrected chi connectivity index (χ3v) is 13.4. The van der Waals surface area contributed by atoms with Crippen molar-refractivity contribution in [2.45, 2.75) is 186 Å². The molecule has 5 aliphatic heterocycles. The van der Waals surface area contributed by atoms with Gasteiger partial charge in [-0.2, -0.15) is 13.3 Å². The van der Waals surface area contributed by atoms with Crippen molar-refractivity contribution in [3.63, 3.8) is 0 Å². The molecule has 0 aromatic heterocycles. The van der Waals surface area contributed by atoms with E-state index in [4.69, 9.17) is 28.4 Å². The van der Waals surface area contributed by atoms with Gasteiger partial charge in [-0.05, 0) is 127 Å². The summed E-state index contributed by atoms with van der Waals surface area (Å²) in [5, 5.41) is 24.0. The number of amides is 2. The number of ether oxygens (including phenoxy) is 6. The van der Waals surface area contributed by atoms with Gasteiger partial charge in [0.2, 0.25) is 0 Å². The van der Waals surface area contributed by atoms with E-state index in [-0.39, 0.29) is 49.6 Å². The summed E-state index contributed by atoms with van der Waals surface area (Å²) in [6.07, 6.45) is 6.67. The molecule has 0 radical (unpaired) electrons. The van der Waals surface area contributed by atoms with Gasteiger partial charge in [0.25, 0.3) is 0 Å². The number of aryl methyl sites for hydroxylation is 3. The molecule has 5 aliphatic rings. The van der Waals surface area contributed by atoms with E-state index in [9.17, 15) is 55.7 Å². The Bertz CT molecular complexity index is 2380. The van der Waals surface area contributed by atoms with Crippen LogP contribution in [0.25, 0.3) is 0 Å². The number of carbonyl (C=O) groups excluding carboxylic acids is 4. The standard InChI is InChI=1S/C21H29F2NO5.C14H17F2NO2.C12H21NO4.C9H8F2O.C4H9.Li/c1-20(2,3)29-19(26)24-7-6-21(27-8-9-28-21)13-17(24)18(25)5-4-14-10-15(22)12-16(23)11-14;15-10-5-9(6-11(16)7-10)1-2-14(19)13-8-12(18)3-4-17-13;1-11(2,3)17-10(14)13-6-4-12(5-7-13)15-8-9-16-12;10-8-4-7(2-1-3-12)5-9(11)6-8;1-3-4-2;/h10-12,17-18,25H,4-9,13H2,1-3H3;5-7,13-14,17,19H,1-4,8H2;4-9H2,1-3H3;3-6H,1-2H2;3H,4H2,1-2H3;/q;;;;-1;+1. The van der Waals surface area contributed by atoms with Gasteiger partial charge in [0.1, 0.15) is 58.2 Å². The van der Waals surface area contributed by atoms with Gasteiger partial charge in [-0.25, -0.2) is 35.9 Å². The first-order valence-electron chi connectivity index (χ1n) is 27.9. The van der Waals surface area contributed by atoms with E-state index in [2.05, 4.69) is 25.6 Å². The number of hydrogen-bond acceptors (Lipinski definition) is 13. The molecule has 3 aromatic rings. The van der Waals surface area contributed by atoms with E-state index in [0.717, 1.165) is 37.3 Å². The van der Waals surface area contributed by atoms with Gasteiger partial charge in [-0.3, -0.25) is 4.79 Å². The molecule has 8 rings (SSSR count). The second-order valence-corrected chi connectivity index (χ2v) is 22.5. The molecule has 0 aliphatic carbocycles. The number of ketones is 1. The average molecular weight is 1160 g/mol. The quantitative estimate of drug-likeness (QED) is 0.0704. The molecule has 2 amide bonds. The van der Waals surface area contributed by atoms with Crippen LogP contribution in [0.15, 0.2) is 54.6 Å². The van der Waals surface area contributed by atoms with Crippen molar-refractivity contribution >= 4 is 24.3 Å². The molecular formula is C60H84F6LiN3O12. The smallest absolute Gasteiger partial charge is 0.444 e. The van der Waals surface area contributed by atoms with Crippen LogP contribution in [0.2, 0.25) is 0 Å². The summed E-state index contributed by atoms with van der Waals surface area (Å²) in [4.78, 5) is 49.0. The maximum absolute atomic E-state index is 13.4. The molecule has 3 N–H and O–H groups in total. The number of benzene rings is 3. The van der Waals surface area contributed by atoms with Crippen LogP contribution in [0.1, 0.15) is 136 Å². The van der Waals surface area contributed by atoms with Crippen molar-refractivity contribution in [1.82, 2.24) is 15.1 Å². The summed E-state index contributed by atoms with van der Waals surface area (Å²) in [5.41, 5.74) is 0.371. The second kappa shape index (κ2) is 34.4. The molecule has 4 atom stereocenters. The zero-order valence-corrected chi connectivity index (χ0v) is 49.1. The summed E-state index contributed by atoms with van der Waals surface area (Å²) in [5.74, 6) is -4.85. The van der Waals surface area contributed by atoms with Crippen molar-refractivity contribution in [2.75, 3.05) is 52.6 Å². The van der Waals surface area contributed by atoms with Gasteiger partial charge in [0, 0.05) is 95.4 Å². The maximum Gasteiger partial charge on any atom is 1.00 e. The summed E-state index contributed by atoms with van der Waals surface area (Å²) >= 11 is 0. The van der Waals surface area contributed by atoms with E-state index >= 15 is 0 Å². The molecule has 22 heteroatoms. The molecule has 2 spiro atoms. The van der Waals surface area contributed by atoms with Gasteiger partial charge in [-0.1, -0.05) is 6.92 Å². The third-order valence-electron chi connectivity index (χ3n) is 13.4. The number of aliphatic hydroxyl groups is 2. The summed E-state index contributed by atoms with van der Waals surface area (Å²) in [6.45, 7) is 19.6. The molecular weight excluding hydrogens is 1080 g/mol. The van der Waals surface area contributed by atoms with Crippen molar-refractivity contribution in [3.8, 4) is 0 Å². The number of aldehydes is 1. The Morgan fingerprint density at radius 1 is 0.683 bits per heavy atom. The van der Waals surface area contributed by atoms with Crippen LogP contribution < -0.4 is 24.2 Å². The van der Waals surface area contributed by atoms with Gasteiger partial charge in [0.05, 0.1) is 44.7 Å². The number of likely N-dealkylation sites (tertiary alicyclic amines) is 2. The molecule has 5 fully saturated rings. The fourth-order valence-electron chi connectivity index (χ4n) is 9.38. The Morgan fingerprint density at radius 3 is 1.50 bits per heavy atom. The first-order valence-corrected chi connectivity index (χ1v) is 27.9. The fourth-order valence-corrected chi connectivity index (χ4v) is 9.38. The van der Waals surface area contributed by atoms with Gasteiger partial charge in [-0.15, -0.1) is 0 Å². The number of nitrogens with zero attached hydrogens (tertiary/aromatic N) is 2. The number of halogens is 6. The van der Waals surface area contributed by atoms with Gasteiger partial charge >= 0.3 is 31.0 Å². The SMILES string of the molecule is CC(C)(C)OC(=O)N1CCC2(CC1)OCCO2.CC(C)(C)OC(=O)N1CCC2(CC1C(O)CCc1cc(F)cc(F)c1)OCCO2.C[CH-]CC.O=C1CCNC(C(O)CCc2cc(F)cc(F)c2)C1.O=CCCc1cc(F)cc(F)c1.[Li+]. The molecule has 0 bridgehead atoms. The van der Waals surface area contributed by atoms with Crippen LogP contribution in [0.4, 0.5) is 35.9 Å². The molecule has 454 valence electrons. The van der Waals surface area contributed by atoms with Crippen LogP contribution in [0, 0.1) is 41.3 Å². The minimum atomic E-state index is -0.932. The first kappa shape index (κ1) is 71.7. The Balaban J connectivity index is 0.000000292. The molecule has 5 heterocycles. The predicted molar refractivity (Wildman–Crippen MR) is 291 cm³/mol. The number of carbonyl (C=O) groups is 4. The normalized spacial score (nSPS) is 19.8. The summed E-state index contributed by atoms with van der Waals surface area (Å²) < 4.78 is 112. The minimum Gasteiger partial charge on any atom is -0.444 e. The van der Waals surface area contributed by atoms with Crippen LogP contribution in [-0.4, -0.2) is 144 Å². The number of aliphatic hydroxyl groups excluding tert-OH is 2. The molecule has 5 saturated heterocycles. The summed E-state index contributed by atoms with van der Waals surface area (Å²) in [7, 11) is 0. The maximum atomic E-state index is 13.4.